The van der Waals surface area contributed by atoms with Crippen LogP contribution in [0.5, 0.6) is 5.75 Å². The summed E-state index contributed by atoms with van der Waals surface area (Å²) in [7, 11) is 0. The van der Waals surface area contributed by atoms with Crippen LogP contribution < -0.4 is 10.1 Å². The highest BCUT2D eigenvalue weighted by Gasteiger charge is 2.42. The monoisotopic (exact) mass is 476 g/mol. The highest BCUT2D eigenvalue weighted by Crippen LogP contribution is 2.49. The SMILES string of the molecule is CCOc1cc2c(cc1-c1ccc(C(C)C)cc1)CC(C)(C)[C@H]2NC(=O)O[C@H]1CN2CCC1CC2. The van der Waals surface area contributed by atoms with Gasteiger partial charge in [-0.25, -0.2) is 4.79 Å². The van der Waals surface area contributed by atoms with Gasteiger partial charge in [0.15, 0.2) is 0 Å². The quantitative estimate of drug-likeness (QED) is 0.530. The minimum atomic E-state index is -0.291. The third-order valence-electron chi connectivity index (χ3n) is 8.28. The Morgan fingerprint density at radius 3 is 2.46 bits per heavy atom. The molecule has 3 aliphatic heterocycles. The number of fused-ring (bicyclic) bond motifs is 4. The number of alkyl carbamates (subject to hydrolysis) is 1. The fourth-order valence-corrected chi connectivity index (χ4v) is 6.23. The maximum absolute atomic E-state index is 13.0. The van der Waals surface area contributed by atoms with Crippen LogP contribution in [0, 0.1) is 11.3 Å². The summed E-state index contributed by atoms with van der Waals surface area (Å²) in [6.45, 7) is 14.6. The summed E-state index contributed by atoms with van der Waals surface area (Å²) in [4.78, 5) is 15.5. The molecule has 2 aromatic carbocycles. The van der Waals surface area contributed by atoms with Crippen molar-refractivity contribution >= 4 is 6.09 Å². The fraction of sp³-hybridized carbons (Fsp3) is 0.567. The molecule has 2 atom stereocenters. The van der Waals surface area contributed by atoms with Crippen molar-refractivity contribution in [2.45, 2.75) is 71.9 Å². The molecule has 2 aromatic rings. The van der Waals surface area contributed by atoms with E-state index in [1.807, 2.05) is 6.92 Å². The first-order valence-corrected chi connectivity index (χ1v) is 13.3. The maximum Gasteiger partial charge on any atom is 0.407 e. The molecule has 188 valence electrons. The summed E-state index contributed by atoms with van der Waals surface area (Å²) in [5.74, 6) is 1.88. The van der Waals surface area contributed by atoms with E-state index in [1.54, 1.807) is 0 Å². The average molecular weight is 477 g/mol. The van der Waals surface area contributed by atoms with Crippen molar-refractivity contribution in [3.8, 4) is 16.9 Å². The number of ether oxygens (including phenoxy) is 2. The van der Waals surface area contributed by atoms with Crippen LogP contribution in [0.1, 0.15) is 76.1 Å². The van der Waals surface area contributed by atoms with Gasteiger partial charge in [-0.2, -0.15) is 0 Å². The van der Waals surface area contributed by atoms with Crippen LogP contribution >= 0.6 is 0 Å². The molecule has 1 N–H and O–H groups in total. The molecule has 0 aromatic heterocycles. The van der Waals surface area contributed by atoms with Crippen molar-refractivity contribution in [2.75, 3.05) is 26.2 Å². The molecule has 3 saturated heterocycles. The van der Waals surface area contributed by atoms with E-state index in [2.05, 4.69) is 74.3 Å². The predicted octanol–water partition coefficient (Wildman–Crippen LogP) is 6.32. The van der Waals surface area contributed by atoms with Gasteiger partial charge in [-0.05, 0) is 90.9 Å². The Bertz CT molecular complexity index is 1070. The molecule has 2 bridgehead atoms. The largest absolute Gasteiger partial charge is 0.493 e. The molecular formula is C30H40N2O3. The minimum Gasteiger partial charge on any atom is -0.493 e. The van der Waals surface area contributed by atoms with E-state index in [4.69, 9.17) is 9.47 Å². The van der Waals surface area contributed by atoms with Crippen LogP contribution in [-0.2, 0) is 11.2 Å². The lowest BCUT2D eigenvalue weighted by Gasteiger charge is -2.44. The molecule has 6 rings (SSSR count). The Kier molecular flexibility index (Phi) is 6.56. The number of hydrogen-bond donors (Lipinski definition) is 1. The van der Waals surface area contributed by atoms with Crippen molar-refractivity contribution in [1.82, 2.24) is 10.2 Å². The number of piperidine rings is 3. The zero-order valence-corrected chi connectivity index (χ0v) is 21.9. The molecule has 1 aliphatic carbocycles. The van der Waals surface area contributed by atoms with Crippen molar-refractivity contribution in [3.05, 3.63) is 53.1 Å². The van der Waals surface area contributed by atoms with Gasteiger partial charge in [0.05, 0.1) is 12.6 Å². The van der Waals surface area contributed by atoms with Gasteiger partial charge in [0.2, 0.25) is 0 Å². The standard InChI is InChI=1S/C30H40N2O3/c1-6-34-26-16-25-23(15-24(26)21-9-7-20(8-10-21)19(2)3)17-30(4,5)28(25)31-29(33)35-27-18-32-13-11-22(27)12-14-32/h7-10,15-16,19,22,27-28H,6,11-14,17-18H2,1-5H3,(H,31,33)/t27-,28-/m0/s1. The number of carbonyl (C=O) groups excluding carboxylic acids is 1. The predicted molar refractivity (Wildman–Crippen MR) is 140 cm³/mol. The van der Waals surface area contributed by atoms with Crippen LogP contribution in [0.2, 0.25) is 0 Å². The lowest BCUT2D eigenvalue weighted by Crippen LogP contribution is -2.53. The number of rotatable bonds is 6. The van der Waals surface area contributed by atoms with E-state index in [0.717, 1.165) is 61.3 Å². The molecule has 3 fully saturated rings. The number of benzene rings is 2. The third-order valence-corrected chi connectivity index (χ3v) is 8.28. The summed E-state index contributed by atoms with van der Waals surface area (Å²) >= 11 is 0. The highest BCUT2D eigenvalue weighted by atomic mass is 16.6. The molecule has 35 heavy (non-hydrogen) atoms. The van der Waals surface area contributed by atoms with Gasteiger partial charge < -0.3 is 14.8 Å². The number of nitrogens with one attached hydrogen (secondary N) is 1. The summed E-state index contributed by atoms with van der Waals surface area (Å²) in [5, 5.41) is 3.25. The summed E-state index contributed by atoms with van der Waals surface area (Å²) in [6, 6.07) is 13.1. The molecule has 5 nitrogen and oxygen atoms in total. The molecule has 5 heteroatoms. The second-order valence-corrected chi connectivity index (χ2v) is 11.6. The van der Waals surface area contributed by atoms with Crippen LogP contribution in [0.3, 0.4) is 0 Å². The highest BCUT2D eigenvalue weighted by molar-refractivity contribution is 5.74. The first kappa shape index (κ1) is 24.2. The topological polar surface area (TPSA) is 50.8 Å². The van der Waals surface area contributed by atoms with E-state index in [-0.39, 0.29) is 23.7 Å². The van der Waals surface area contributed by atoms with E-state index < -0.39 is 0 Å². The zero-order chi connectivity index (χ0) is 24.7. The normalized spacial score (nSPS) is 26.5. The molecule has 1 amide bonds. The maximum atomic E-state index is 13.0. The average Bonchev–Trinajstić information content (AvgIpc) is 3.08. The van der Waals surface area contributed by atoms with Crippen LogP contribution in [0.25, 0.3) is 11.1 Å². The minimum absolute atomic E-state index is 0.0108. The van der Waals surface area contributed by atoms with E-state index in [0.29, 0.717) is 18.4 Å². The lowest BCUT2D eigenvalue weighted by molar-refractivity contribution is -0.0349. The molecule has 0 radical (unpaired) electrons. The third kappa shape index (κ3) is 4.80. The number of nitrogens with zero attached hydrogens (tertiary/aromatic N) is 1. The van der Waals surface area contributed by atoms with Crippen LogP contribution in [0.15, 0.2) is 36.4 Å². The number of amides is 1. The Morgan fingerprint density at radius 2 is 1.86 bits per heavy atom. The molecule has 0 spiro atoms. The van der Waals surface area contributed by atoms with Gasteiger partial charge in [0.1, 0.15) is 11.9 Å². The van der Waals surface area contributed by atoms with Crippen LogP contribution in [-0.4, -0.2) is 43.3 Å². The van der Waals surface area contributed by atoms with Gasteiger partial charge in [-0.1, -0.05) is 52.0 Å². The molecule has 4 aliphatic rings. The number of carbonyl (C=O) groups is 1. The van der Waals surface area contributed by atoms with Gasteiger partial charge in [0.25, 0.3) is 0 Å². The van der Waals surface area contributed by atoms with Crippen molar-refractivity contribution in [2.24, 2.45) is 11.3 Å². The van der Waals surface area contributed by atoms with Crippen LogP contribution in [0.4, 0.5) is 4.79 Å². The van der Waals surface area contributed by atoms with E-state index in [1.165, 1.54) is 11.1 Å². The molecule has 0 saturated carbocycles. The number of hydrogen-bond acceptors (Lipinski definition) is 4. The fourth-order valence-electron chi connectivity index (χ4n) is 6.23. The van der Waals surface area contributed by atoms with Crippen molar-refractivity contribution < 1.29 is 14.3 Å². The Hall–Kier alpha value is -2.53. The first-order valence-electron chi connectivity index (χ1n) is 13.3. The first-order chi connectivity index (χ1) is 16.7. The van der Waals surface area contributed by atoms with Crippen molar-refractivity contribution in [1.29, 1.82) is 0 Å². The lowest BCUT2D eigenvalue weighted by atomic mass is 9.85. The van der Waals surface area contributed by atoms with E-state index >= 15 is 0 Å². The molecule has 3 heterocycles. The zero-order valence-electron chi connectivity index (χ0n) is 21.9. The Balaban J connectivity index is 1.40. The second kappa shape index (κ2) is 9.50. The van der Waals surface area contributed by atoms with Crippen molar-refractivity contribution in [3.63, 3.8) is 0 Å². The Morgan fingerprint density at radius 1 is 1.14 bits per heavy atom. The van der Waals surface area contributed by atoms with Gasteiger partial charge in [-0.15, -0.1) is 0 Å². The Labute approximate surface area is 210 Å². The van der Waals surface area contributed by atoms with Gasteiger partial charge in [-0.3, -0.25) is 4.90 Å². The smallest absolute Gasteiger partial charge is 0.407 e. The van der Waals surface area contributed by atoms with Gasteiger partial charge in [0, 0.05) is 12.1 Å². The second-order valence-electron chi connectivity index (χ2n) is 11.6. The summed E-state index contributed by atoms with van der Waals surface area (Å²) in [5.41, 5.74) is 5.92. The van der Waals surface area contributed by atoms with Gasteiger partial charge >= 0.3 is 6.09 Å². The summed E-state index contributed by atoms with van der Waals surface area (Å²) < 4.78 is 12.1. The molecular weight excluding hydrogens is 436 g/mol. The molecule has 0 unspecified atom stereocenters. The van der Waals surface area contributed by atoms with E-state index in [9.17, 15) is 4.79 Å². The summed E-state index contributed by atoms with van der Waals surface area (Å²) in [6.07, 6.45) is 2.89.